The van der Waals surface area contributed by atoms with Crippen molar-refractivity contribution in [1.29, 1.82) is 0 Å². The number of piperidine rings is 3. The van der Waals surface area contributed by atoms with Crippen molar-refractivity contribution in [3.8, 4) is 11.5 Å². The standard InChI is InChI=1S/C29H40F2N8O5S/c1-43-25-15-23(32-18-24(25)36-22-3-4-26(40)37-27(22)41)19-5-10-38(11-6-19)9-2-14-45(42)39-12-7-20(8-13-39)35-29-33-16-21(17-34-29)44-28(30)31/h15-20,22,28,36H,2-14H2,1H3,(H,33,34,35)(H,37,40,41). The monoisotopic (exact) mass is 650 g/mol. The molecule has 3 saturated heterocycles. The van der Waals surface area contributed by atoms with Crippen LogP contribution >= 0.6 is 0 Å². The van der Waals surface area contributed by atoms with Gasteiger partial charge in [-0.3, -0.25) is 19.9 Å². The summed E-state index contributed by atoms with van der Waals surface area (Å²) in [5.74, 6) is 1.22. The molecule has 2 aromatic rings. The SMILES string of the molecule is COc1cc(C2CCN(CCCS(=O)N3CCC(Nc4ncc(OC(F)F)cn4)CC3)CC2)ncc1NC1CCC(=O)NC1=O. The number of methoxy groups -OCH3 is 1. The molecule has 5 rings (SSSR count). The topological polar surface area (TPSA) is 151 Å². The Kier molecular flexibility index (Phi) is 11.5. The Hall–Kier alpha value is -3.50. The number of hydrogen-bond donors (Lipinski definition) is 3. The smallest absolute Gasteiger partial charge is 0.387 e. The third-order valence-electron chi connectivity index (χ3n) is 8.40. The van der Waals surface area contributed by atoms with Gasteiger partial charge < -0.3 is 25.0 Å². The van der Waals surface area contributed by atoms with Gasteiger partial charge in [-0.05, 0) is 58.2 Å². The zero-order valence-corrected chi connectivity index (χ0v) is 26.1. The molecule has 0 aliphatic carbocycles. The van der Waals surface area contributed by atoms with Crippen molar-refractivity contribution in [1.82, 2.24) is 29.5 Å². The summed E-state index contributed by atoms with van der Waals surface area (Å²) in [6, 6.07) is 1.55. The Morgan fingerprint density at radius 1 is 1.02 bits per heavy atom. The van der Waals surface area contributed by atoms with Gasteiger partial charge in [0, 0.05) is 49.0 Å². The van der Waals surface area contributed by atoms with E-state index in [0.717, 1.165) is 57.4 Å². The minimum Gasteiger partial charge on any atom is -0.494 e. The number of alkyl halides is 2. The third-order valence-corrected chi connectivity index (χ3v) is 9.98. The molecule has 13 nitrogen and oxygen atoms in total. The highest BCUT2D eigenvalue weighted by molar-refractivity contribution is 7.82. The van der Waals surface area contributed by atoms with Gasteiger partial charge in [-0.1, -0.05) is 0 Å². The molecule has 2 amide bonds. The number of pyridine rings is 1. The number of imide groups is 1. The first-order valence-corrected chi connectivity index (χ1v) is 16.6. The maximum atomic E-state index is 12.9. The Labute approximate surface area is 263 Å². The lowest BCUT2D eigenvalue weighted by molar-refractivity contribution is -0.133. The first-order valence-electron chi connectivity index (χ1n) is 15.3. The number of nitrogens with one attached hydrogen (secondary N) is 3. The summed E-state index contributed by atoms with van der Waals surface area (Å²) in [5, 5.41) is 8.73. The molecule has 0 saturated carbocycles. The van der Waals surface area contributed by atoms with E-state index < -0.39 is 23.6 Å². The molecule has 0 bridgehead atoms. The molecular formula is C29H40F2N8O5S. The lowest BCUT2D eigenvalue weighted by Crippen LogP contribution is -2.47. The number of hydrogen-bond acceptors (Lipinski definition) is 11. The van der Waals surface area contributed by atoms with Crippen LogP contribution in [-0.2, 0) is 20.6 Å². The molecule has 0 spiro atoms. The van der Waals surface area contributed by atoms with Crippen LogP contribution in [0.5, 0.6) is 11.5 Å². The number of carbonyl (C=O) groups excluding carboxylic acids is 2. The van der Waals surface area contributed by atoms with E-state index >= 15 is 0 Å². The largest absolute Gasteiger partial charge is 0.494 e. The van der Waals surface area contributed by atoms with Crippen molar-refractivity contribution in [3.63, 3.8) is 0 Å². The van der Waals surface area contributed by atoms with Crippen molar-refractivity contribution in [2.24, 2.45) is 0 Å². The highest BCUT2D eigenvalue weighted by Crippen LogP contribution is 2.33. The Morgan fingerprint density at radius 3 is 2.42 bits per heavy atom. The zero-order chi connectivity index (χ0) is 31.8. The Bertz CT molecular complexity index is 1320. The second kappa shape index (κ2) is 15.7. The fourth-order valence-electron chi connectivity index (χ4n) is 5.91. The average molecular weight is 651 g/mol. The summed E-state index contributed by atoms with van der Waals surface area (Å²) in [5.41, 5.74) is 1.59. The molecule has 5 heterocycles. The van der Waals surface area contributed by atoms with Gasteiger partial charge in [0.25, 0.3) is 0 Å². The summed E-state index contributed by atoms with van der Waals surface area (Å²) in [6.45, 7) is 1.24. The van der Waals surface area contributed by atoms with Crippen molar-refractivity contribution in [3.05, 3.63) is 30.4 Å². The summed E-state index contributed by atoms with van der Waals surface area (Å²) in [7, 11) is 0.549. The summed E-state index contributed by atoms with van der Waals surface area (Å²) in [4.78, 5) is 38.7. The van der Waals surface area contributed by atoms with Gasteiger partial charge in [-0.25, -0.2) is 18.5 Å². The highest BCUT2D eigenvalue weighted by atomic mass is 32.2. The summed E-state index contributed by atoms with van der Waals surface area (Å²) < 4.78 is 49.4. The number of nitrogens with zero attached hydrogens (tertiary/aromatic N) is 5. The lowest BCUT2D eigenvalue weighted by Gasteiger charge is -2.33. The van der Waals surface area contributed by atoms with Gasteiger partial charge in [0.15, 0.2) is 5.75 Å². The summed E-state index contributed by atoms with van der Waals surface area (Å²) in [6.07, 6.45) is 9.20. The fourth-order valence-corrected chi connectivity index (χ4v) is 7.16. The van der Waals surface area contributed by atoms with Gasteiger partial charge in [0.1, 0.15) is 11.8 Å². The van der Waals surface area contributed by atoms with Crippen molar-refractivity contribution in [2.45, 2.75) is 69.6 Å². The fraction of sp³-hybridized carbons (Fsp3) is 0.621. The minimum absolute atomic E-state index is 0.0873. The quantitative estimate of drug-likeness (QED) is 0.275. The molecule has 2 unspecified atom stereocenters. The molecule has 0 radical (unpaired) electrons. The molecule has 246 valence electrons. The van der Waals surface area contributed by atoms with Crippen LogP contribution in [0.2, 0.25) is 0 Å². The molecule has 45 heavy (non-hydrogen) atoms. The maximum Gasteiger partial charge on any atom is 0.387 e. The van der Waals surface area contributed by atoms with E-state index in [0.29, 0.717) is 55.0 Å². The van der Waals surface area contributed by atoms with Gasteiger partial charge in [0.2, 0.25) is 17.8 Å². The number of aromatic nitrogens is 3. The number of rotatable bonds is 13. The molecule has 0 aromatic carbocycles. The first kappa shape index (κ1) is 32.9. The van der Waals surface area contributed by atoms with E-state index in [1.54, 1.807) is 13.3 Å². The van der Waals surface area contributed by atoms with Crippen molar-refractivity contribution in [2.75, 3.05) is 56.2 Å². The number of ether oxygens (including phenoxy) is 2. The van der Waals surface area contributed by atoms with E-state index in [2.05, 4.69) is 40.5 Å². The van der Waals surface area contributed by atoms with Crippen LogP contribution in [0.15, 0.2) is 24.7 Å². The van der Waals surface area contributed by atoms with Crippen LogP contribution in [-0.4, -0.2) is 104 Å². The van der Waals surface area contributed by atoms with E-state index in [9.17, 15) is 22.6 Å². The Morgan fingerprint density at radius 2 is 1.76 bits per heavy atom. The van der Waals surface area contributed by atoms with Crippen LogP contribution in [0.25, 0.3) is 0 Å². The predicted octanol–water partition coefficient (Wildman–Crippen LogP) is 2.51. The maximum absolute atomic E-state index is 12.9. The average Bonchev–Trinajstić information content (AvgIpc) is 3.04. The number of likely N-dealkylation sites (tertiary alicyclic amines) is 1. The zero-order valence-electron chi connectivity index (χ0n) is 25.3. The third kappa shape index (κ3) is 9.26. The van der Waals surface area contributed by atoms with Gasteiger partial charge in [0.05, 0.1) is 42.4 Å². The van der Waals surface area contributed by atoms with Crippen LogP contribution in [0, 0.1) is 0 Å². The number of halogens is 2. The molecule has 16 heteroatoms. The Balaban J connectivity index is 0.990. The molecule has 3 aliphatic rings. The second-order valence-corrected chi connectivity index (χ2v) is 13.0. The lowest BCUT2D eigenvalue weighted by atomic mass is 9.92. The number of anilines is 2. The summed E-state index contributed by atoms with van der Waals surface area (Å²) >= 11 is 0. The number of amides is 2. The van der Waals surface area contributed by atoms with Crippen molar-refractivity contribution < 1.29 is 32.1 Å². The van der Waals surface area contributed by atoms with Crippen molar-refractivity contribution >= 4 is 34.4 Å². The van der Waals surface area contributed by atoms with Gasteiger partial charge in [-0.15, -0.1) is 0 Å². The molecule has 3 N–H and O–H groups in total. The number of carbonyl (C=O) groups is 2. The molecule has 2 aromatic heterocycles. The van der Waals surface area contributed by atoms with Gasteiger partial charge >= 0.3 is 6.61 Å². The van der Waals surface area contributed by atoms with Crippen LogP contribution in [0.1, 0.15) is 56.6 Å². The van der Waals surface area contributed by atoms with E-state index in [1.165, 1.54) is 12.4 Å². The van der Waals surface area contributed by atoms with Crippen LogP contribution < -0.4 is 25.4 Å². The minimum atomic E-state index is -2.92. The van der Waals surface area contributed by atoms with E-state index in [-0.39, 0.29) is 23.6 Å². The second-order valence-electron chi connectivity index (χ2n) is 11.4. The molecule has 3 aliphatic heterocycles. The molecule has 2 atom stereocenters. The highest BCUT2D eigenvalue weighted by Gasteiger charge is 2.28. The predicted molar refractivity (Wildman–Crippen MR) is 164 cm³/mol. The van der Waals surface area contributed by atoms with Crippen LogP contribution in [0.3, 0.4) is 0 Å². The van der Waals surface area contributed by atoms with Gasteiger partial charge in [-0.2, -0.15) is 8.78 Å². The normalized spacial score (nSPS) is 21.4. The van der Waals surface area contributed by atoms with E-state index in [4.69, 9.17) is 4.74 Å². The molecular weight excluding hydrogens is 610 g/mol. The van der Waals surface area contributed by atoms with Crippen LogP contribution in [0.4, 0.5) is 20.4 Å². The first-order chi connectivity index (χ1) is 21.8. The molecule has 3 fully saturated rings. The van der Waals surface area contributed by atoms with E-state index in [1.807, 2.05) is 10.4 Å².